The Hall–Kier alpha value is -0.0800. The fraction of sp³-hybridized carbons (Fsp3) is 1.00. The van der Waals surface area contributed by atoms with Crippen molar-refractivity contribution in [1.29, 1.82) is 0 Å². The van der Waals surface area contributed by atoms with Crippen LogP contribution in [0.25, 0.3) is 0 Å². The predicted molar refractivity (Wildman–Crippen MR) is 53.4 cm³/mol. The highest BCUT2D eigenvalue weighted by atomic mass is 15.3. The van der Waals surface area contributed by atoms with Crippen molar-refractivity contribution in [3.05, 3.63) is 0 Å². The summed E-state index contributed by atoms with van der Waals surface area (Å²) in [5, 5.41) is 0. The predicted octanol–water partition coefficient (Wildman–Crippen LogP) is 1.42. The summed E-state index contributed by atoms with van der Waals surface area (Å²) in [4.78, 5) is 5.09. The summed E-state index contributed by atoms with van der Waals surface area (Å²) in [7, 11) is 0. The van der Waals surface area contributed by atoms with Gasteiger partial charge in [0.2, 0.25) is 0 Å². The number of likely N-dealkylation sites (tertiary alicyclic amines) is 1. The van der Waals surface area contributed by atoms with Crippen LogP contribution in [0, 0.1) is 0 Å². The fourth-order valence-electron chi connectivity index (χ4n) is 1.88. The molecule has 0 N–H and O–H groups in total. The number of likely N-dealkylation sites (N-methyl/N-ethyl adjacent to an activating group) is 1. The maximum atomic E-state index is 2.55. The summed E-state index contributed by atoms with van der Waals surface area (Å²) < 4.78 is 0. The Bertz CT molecular complexity index is 124. The van der Waals surface area contributed by atoms with Crippen LogP contribution in [0.5, 0.6) is 0 Å². The first-order chi connectivity index (χ1) is 5.69. The van der Waals surface area contributed by atoms with Crippen LogP contribution in [0.15, 0.2) is 0 Å². The topological polar surface area (TPSA) is 6.48 Å². The van der Waals surface area contributed by atoms with Crippen LogP contribution in [-0.4, -0.2) is 48.1 Å². The molecule has 0 aliphatic carbocycles. The van der Waals surface area contributed by atoms with Crippen LogP contribution >= 0.6 is 0 Å². The summed E-state index contributed by atoms with van der Waals surface area (Å²) in [6.07, 6.45) is 0. The molecule has 0 bridgehead atoms. The van der Waals surface area contributed by atoms with Gasteiger partial charge in [0, 0.05) is 25.2 Å². The van der Waals surface area contributed by atoms with Gasteiger partial charge in [0.25, 0.3) is 0 Å². The van der Waals surface area contributed by atoms with Gasteiger partial charge in [-0.25, -0.2) is 0 Å². The molecule has 0 atom stereocenters. The lowest BCUT2D eigenvalue weighted by Crippen LogP contribution is -2.61. The van der Waals surface area contributed by atoms with E-state index in [1.807, 2.05) is 0 Å². The minimum atomic E-state index is 0.733. The molecule has 0 aromatic heterocycles. The molecule has 0 unspecified atom stereocenters. The molecule has 0 amide bonds. The van der Waals surface area contributed by atoms with E-state index in [4.69, 9.17) is 0 Å². The van der Waals surface area contributed by atoms with Gasteiger partial charge >= 0.3 is 0 Å². The first kappa shape index (κ1) is 10.0. The smallest absolute Gasteiger partial charge is 0.0350 e. The molecule has 1 aliphatic rings. The van der Waals surface area contributed by atoms with Crippen molar-refractivity contribution in [3.63, 3.8) is 0 Å². The van der Waals surface area contributed by atoms with Gasteiger partial charge in [-0.15, -0.1) is 0 Å². The Morgan fingerprint density at radius 2 is 1.75 bits per heavy atom. The van der Waals surface area contributed by atoms with E-state index in [9.17, 15) is 0 Å². The molecule has 0 radical (unpaired) electrons. The van der Waals surface area contributed by atoms with Gasteiger partial charge < -0.3 is 0 Å². The molecule has 0 aromatic rings. The molecular formula is C10H22N2. The molecular weight excluding hydrogens is 148 g/mol. The molecule has 1 saturated heterocycles. The lowest BCUT2D eigenvalue weighted by atomic mass is 10.1. The average molecular weight is 170 g/mol. The molecule has 1 rings (SSSR count). The van der Waals surface area contributed by atoms with Crippen molar-refractivity contribution < 1.29 is 0 Å². The zero-order valence-electron chi connectivity index (χ0n) is 8.88. The average Bonchev–Trinajstić information content (AvgIpc) is 1.94. The Balaban J connectivity index is 2.23. The molecule has 12 heavy (non-hydrogen) atoms. The molecule has 72 valence electrons. The van der Waals surface area contributed by atoms with E-state index in [2.05, 4.69) is 37.5 Å². The summed E-state index contributed by atoms with van der Waals surface area (Å²) >= 11 is 0. The normalized spacial score (nSPS) is 20.5. The van der Waals surface area contributed by atoms with Crippen molar-refractivity contribution in [3.8, 4) is 0 Å². The van der Waals surface area contributed by atoms with Crippen LogP contribution in [0.2, 0.25) is 0 Å². The zero-order chi connectivity index (χ0) is 9.14. The first-order valence-electron chi connectivity index (χ1n) is 5.17. The van der Waals surface area contributed by atoms with E-state index in [1.54, 1.807) is 0 Å². The van der Waals surface area contributed by atoms with E-state index in [-0.39, 0.29) is 0 Å². The second-order valence-corrected chi connectivity index (χ2v) is 3.92. The van der Waals surface area contributed by atoms with Crippen LogP contribution in [-0.2, 0) is 0 Å². The number of hydrogen-bond donors (Lipinski definition) is 0. The molecule has 0 spiro atoms. The maximum absolute atomic E-state index is 2.55. The minimum Gasteiger partial charge on any atom is -0.298 e. The molecule has 0 saturated carbocycles. The fourth-order valence-corrected chi connectivity index (χ4v) is 1.88. The molecule has 1 heterocycles. The SMILES string of the molecule is CCN(CC)C1CN(C(C)C)C1. The van der Waals surface area contributed by atoms with Crippen molar-refractivity contribution in [2.45, 2.75) is 39.8 Å². The Kier molecular flexibility index (Phi) is 3.53. The number of nitrogens with zero attached hydrogens (tertiary/aromatic N) is 2. The third kappa shape index (κ3) is 1.99. The second-order valence-electron chi connectivity index (χ2n) is 3.92. The number of rotatable bonds is 4. The summed E-state index contributed by atoms with van der Waals surface area (Å²) in [5.41, 5.74) is 0. The van der Waals surface area contributed by atoms with Crippen LogP contribution < -0.4 is 0 Å². The third-order valence-electron chi connectivity index (χ3n) is 2.95. The van der Waals surface area contributed by atoms with E-state index >= 15 is 0 Å². The zero-order valence-corrected chi connectivity index (χ0v) is 8.88. The highest BCUT2D eigenvalue weighted by molar-refractivity contribution is 4.88. The van der Waals surface area contributed by atoms with Crippen molar-refractivity contribution in [1.82, 2.24) is 9.80 Å². The highest BCUT2D eigenvalue weighted by Gasteiger charge is 2.31. The van der Waals surface area contributed by atoms with Gasteiger partial charge in [-0.1, -0.05) is 13.8 Å². The Labute approximate surface area is 76.5 Å². The van der Waals surface area contributed by atoms with E-state index in [0.717, 1.165) is 12.1 Å². The standard InChI is InChI=1S/C10H22N2/c1-5-11(6-2)10-7-12(8-10)9(3)4/h9-10H,5-8H2,1-4H3. The van der Waals surface area contributed by atoms with Crippen LogP contribution in [0.4, 0.5) is 0 Å². The summed E-state index contributed by atoms with van der Waals surface area (Å²) in [5.74, 6) is 0. The third-order valence-corrected chi connectivity index (χ3v) is 2.95. The lowest BCUT2D eigenvalue weighted by molar-refractivity contribution is 0.0191. The first-order valence-corrected chi connectivity index (χ1v) is 5.17. The molecule has 0 aromatic carbocycles. The van der Waals surface area contributed by atoms with E-state index in [0.29, 0.717) is 0 Å². The second kappa shape index (κ2) is 4.24. The number of hydrogen-bond acceptors (Lipinski definition) is 2. The molecule has 2 nitrogen and oxygen atoms in total. The molecule has 2 heteroatoms. The van der Waals surface area contributed by atoms with Gasteiger partial charge in [0.15, 0.2) is 0 Å². The Morgan fingerprint density at radius 3 is 2.08 bits per heavy atom. The lowest BCUT2D eigenvalue weighted by Gasteiger charge is -2.47. The van der Waals surface area contributed by atoms with Crippen LogP contribution in [0.1, 0.15) is 27.7 Å². The van der Waals surface area contributed by atoms with Gasteiger partial charge in [-0.3, -0.25) is 9.80 Å². The van der Waals surface area contributed by atoms with Gasteiger partial charge in [-0.05, 0) is 26.9 Å². The van der Waals surface area contributed by atoms with E-state index < -0.39 is 0 Å². The van der Waals surface area contributed by atoms with Gasteiger partial charge in [0.1, 0.15) is 0 Å². The quantitative estimate of drug-likeness (QED) is 0.629. The van der Waals surface area contributed by atoms with Crippen molar-refractivity contribution in [2.24, 2.45) is 0 Å². The maximum Gasteiger partial charge on any atom is 0.0350 e. The molecule has 1 fully saturated rings. The minimum absolute atomic E-state index is 0.733. The molecule has 1 aliphatic heterocycles. The van der Waals surface area contributed by atoms with Crippen LogP contribution in [0.3, 0.4) is 0 Å². The van der Waals surface area contributed by atoms with Crippen molar-refractivity contribution >= 4 is 0 Å². The summed E-state index contributed by atoms with van der Waals surface area (Å²) in [6.45, 7) is 14.0. The monoisotopic (exact) mass is 170 g/mol. The van der Waals surface area contributed by atoms with Crippen molar-refractivity contribution in [2.75, 3.05) is 26.2 Å². The highest BCUT2D eigenvalue weighted by Crippen LogP contribution is 2.16. The Morgan fingerprint density at radius 1 is 1.25 bits per heavy atom. The summed E-state index contributed by atoms with van der Waals surface area (Å²) in [6, 6.07) is 1.57. The van der Waals surface area contributed by atoms with E-state index in [1.165, 1.54) is 26.2 Å². The largest absolute Gasteiger partial charge is 0.298 e. The van der Waals surface area contributed by atoms with Gasteiger partial charge in [0.05, 0.1) is 0 Å². The van der Waals surface area contributed by atoms with Gasteiger partial charge in [-0.2, -0.15) is 0 Å².